The average molecular weight is 226 g/mol. The molecule has 2 rings (SSSR count). The molecule has 2 aliphatic carbocycles. The predicted molar refractivity (Wildman–Crippen MR) is 61.9 cm³/mol. The predicted octanol–water partition coefficient (Wildman–Crippen LogP) is 0.799. The number of rotatable bonds is 8. The van der Waals surface area contributed by atoms with Crippen LogP contribution in [-0.4, -0.2) is 30.7 Å². The highest BCUT2D eigenvalue weighted by Gasteiger charge is 2.37. The number of ether oxygens (including phenoxy) is 1. The zero-order chi connectivity index (χ0) is 11.6. The Hall–Kier alpha value is -0.610. The Morgan fingerprint density at radius 1 is 1.44 bits per heavy atom. The molecule has 4 heteroatoms. The van der Waals surface area contributed by atoms with Crippen molar-refractivity contribution in [3.63, 3.8) is 0 Å². The van der Waals surface area contributed by atoms with E-state index in [1.807, 2.05) is 6.92 Å². The van der Waals surface area contributed by atoms with Gasteiger partial charge in [-0.3, -0.25) is 10.1 Å². The third-order valence-electron chi connectivity index (χ3n) is 3.40. The van der Waals surface area contributed by atoms with E-state index in [9.17, 15) is 4.79 Å². The molecule has 0 aromatic carbocycles. The maximum Gasteiger partial charge on any atom is 0.239 e. The van der Waals surface area contributed by atoms with E-state index >= 15 is 0 Å². The van der Waals surface area contributed by atoms with Gasteiger partial charge in [-0.05, 0) is 32.1 Å². The average Bonchev–Trinajstić information content (AvgIpc) is 3.07. The Morgan fingerprint density at radius 3 is 2.62 bits per heavy atom. The molecule has 0 aromatic heterocycles. The molecular weight excluding hydrogens is 204 g/mol. The van der Waals surface area contributed by atoms with Gasteiger partial charge in [0.1, 0.15) is 5.54 Å². The number of hydrogen-bond acceptors (Lipinski definition) is 3. The van der Waals surface area contributed by atoms with Crippen molar-refractivity contribution in [1.29, 1.82) is 0 Å². The first kappa shape index (κ1) is 11.9. The van der Waals surface area contributed by atoms with Crippen molar-refractivity contribution in [2.75, 3.05) is 13.2 Å². The summed E-state index contributed by atoms with van der Waals surface area (Å²) in [4.78, 5) is 11.4. The van der Waals surface area contributed by atoms with Crippen LogP contribution in [0.1, 0.15) is 39.0 Å². The van der Waals surface area contributed by atoms with Gasteiger partial charge in [0.15, 0.2) is 0 Å². The van der Waals surface area contributed by atoms with Gasteiger partial charge >= 0.3 is 0 Å². The first-order valence-corrected chi connectivity index (χ1v) is 6.25. The largest absolute Gasteiger partial charge is 0.379 e. The minimum absolute atomic E-state index is 0.314. The van der Waals surface area contributed by atoms with Gasteiger partial charge in [-0.1, -0.05) is 12.8 Å². The van der Waals surface area contributed by atoms with E-state index in [0.29, 0.717) is 12.6 Å². The number of nitrogens with two attached hydrogens (primary N) is 1. The summed E-state index contributed by atoms with van der Waals surface area (Å²) in [6.07, 6.45) is 6.10. The molecule has 2 fully saturated rings. The molecule has 0 saturated heterocycles. The summed E-state index contributed by atoms with van der Waals surface area (Å²) < 4.78 is 5.58. The molecule has 1 unspecified atom stereocenters. The van der Waals surface area contributed by atoms with Gasteiger partial charge in [0.2, 0.25) is 5.91 Å². The Kier molecular flexibility index (Phi) is 3.50. The first-order chi connectivity index (χ1) is 7.60. The molecule has 1 atom stereocenters. The normalized spacial score (nSPS) is 24.1. The second-order valence-electron chi connectivity index (χ2n) is 5.40. The lowest BCUT2D eigenvalue weighted by atomic mass is 10.0. The molecule has 0 radical (unpaired) electrons. The highest BCUT2D eigenvalue weighted by Crippen LogP contribution is 2.32. The van der Waals surface area contributed by atoms with Crippen LogP contribution in [0.2, 0.25) is 0 Å². The zero-order valence-corrected chi connectivity index (χ0v) is 10.00. The van der Waals surface area contributed by atoms with Gasteiger partial charge in [-0.25, -0.2) is 0 Å². The van der Waals surface area contributed by atoms with E-state index in [4.69, 9.17) is 10.5 Å². The summed E-state index contributed by atoms with van der Waals surface area (Å²) in [6, 6.07) is 0.463. The maximum absolute atomic E-state index is 11.4. The summed E-state index contributed by atoms with van der Waals surface area (Å²) in [5.41, 5.74) is 4.73. The van der Waals surface area contributed by atoms with Crippen LogP contribution in [0.3, 0.4) is 0 Å². The van der Waals surface area contributed by atoms with Crippen molar-refractivity contribution in [3.05, 3.63) is 0 Å². The molecular formula is C12H22N2O2. The van der Waals surface area contributed by atoms with Crippen LogP contribution in [0.5, 0.6) is 0 Å². The topological polar surface area (TPSA) is 64.3 Å². The molecule has 4 nitrogen and oxygen atoms in total. The maximum atomic E-state index is 11.4. The molecule has 16 heavy (non-hydrogen) atoms. The first-order valence-electron chi connectivity index (χ1n) is 6.25. The lowest BCUT2D eigenvalue weighted by Gasteiger charge is -2.27. The van der Waals surface area contributed by atoms with Gasteiger partial charge in [-0.15, -0.1) is 0 Å². The van der Waals surface area contributed by atoms with Crippen molar-refractivity contribution >= 4 is 5.91 Å². The van der Waals surface area contributed by atoms with Crippen molar-refractivity contribution in [3.8, 4) is 0 Å². The Labute approximate surface area is 96.9 Å². The third-order valence-corrected chi connectivity index (χ3v) is 3.40. The standard InChI is InChI=1S/C12H22N2O2/c1-12(11(13)15,14-10-4-5-10)8-16-7-6-9-2-3-9/h9-10,14H,2-8H2,1H3,(H2,13,15). The van der Waals surface area contributed by atoms with Crippen molar-refractivity contribution in [2.24, 2.45) is 11.7 Å². The van der Waals surface area contributed by atoms with Crippen LogP contribution in [0.4, 0.5) is 0 Å². The summed E-state index contributed by atoms with van der Waals surface area (Å²) in [5, 5.41) is 3.27. The number of carbonyl (C=O) groups excluding carboxylic acids is 1. The van der Waals surface area contributed by atoms with E-state index in [2.05, 4.69) is 5.32 Å². The Bertz CT molecular complexity index is 262. The lowest BCUT2D eigenvalue weighted by molar-refractivity contribution is -0.126. The molecule has 0 bridgehead atoms. The van der Waals surface area contributed by atoms with Crippen LogP contribution in [0.15, 0.2) is 0 Å². The number of hydrogen-bond donors (Lipinski definition) is 2. The number of carbonyl (C=O) groups is 1. The SMILES string of the molecule is CC(COCCC1CC1)(NC1CC1)C(N)=O. The highest BCUT2D eigenvalue weighted by molar-refractivity contribution is 5.84. The second kappa shape index (κ2) is 4.72. The van der Waals surface area contributed by atoms with E-state index in [-0.39, 0.29) is 5.91 Å². The molecule has 0 heterocycles. The number of amides is 1. The minimum Gasteiger partial charge on any atom is -0.379 e. The van der Waals surface area contributed by atoms with Crippen LogP contribution in [0.25, 0.3) is 0 Å². The number of nitrogens with one attached hydrogen (secondary N) is 1. The van der Waals surface area contributed by atoms with Crippen LogP contribution in [0, 0.1) is 5.92 Å². The van der Waals surface area contributed by atoms with Crippen molar-refractivity contribution in [1.82, 2.24) is 5.32 Å². The van der Waals surface area contributed by atoms with Gasteiger partial charge in [-0.2, -0.15) is 0 Å². The smallest absolute Gasteiger partial charge is 0.239 e. The quantitative estimate of drug-likeness (QED) is 0.602. The molecule has 1 amide bonds. The van der Waals surface area contributed by atoms with Crippen molar-refractivity contribution in [2.45, 2.75) is 50.6 Å². The molecule has 0 aromatic rings. The van der Waals surface area contributed by atoms with E-state index < -0.39 is 5.54 Å². The third kappa shape index (κ3) is 3.46. The summed E-state index contributed by atoms with van der Waals surface area (Å²) >= 11 is 0. The summed E-state index contributed by atoms with van der Waals surface area (Å²) in [5.74, 6) is 0.557. The van der Waals surface area contributed by atoms with Gasteiger partial charge < -0.3 is 10.5 Å². The molecule has 2 aliphatic rings. The van der Waals surface area contributed by atoms with Gasteiger partial charge in [0.25, 0.3) is 0 Å². The summed E-state index contributed by atoms with van der Waals surface area (Å²) in [6.45, 7) is 2.98. The fourth-order valence-electron chi connectivity index (χ4n) is 1.79. The minimum atomic E-state index is -0.690. The Morgan fingerprint density at radius 2 is 2.12 bits per heavy atom. The molecule has 0 aliphatic heterocycles. The van der Waals surface area contributed by atoms with Crippen molar-refractivity contribution < 1.29 is 9.53 Å². The zero-order valence-electron chi connectivity index (χ0n) is 10.00. The van der Waals surface area contributed by atoms with Gasteiger partial charge in [0, 0.05) is 12.6 Å². The highest BCUT2D eigenvalue weighted by atomic mass is 16.5. The number of primary amides is 1. The second-order valence-corrected chi connectivity index (χ2v) is 5.40. The lowest BCUT2D eigenvalue weighted by Crippen LogP contribution is -2.57. The van der Waals surface area contributed by atoms with Crippen LogP contribution < -0.4 is 11.1 Å². The van der Waals surface area contributed by atoms with E-state index in [0.717, 1.165) is 31.8 Å². The molecule has 3 N–H and O–H groups in total. The fourth-order valence-corrected chi connectivity index (χ4v) is 1.79. The molecule has 2 saturated carbocycles. The monoisotopic (exact) mass is 226 g/mol. The van der Waals surface area contributed by atoms with Crippen LogP contribution in [-0.2, 0) is 9.53 Å². The Balaban J connectivity index is 1.69. The van der Waals surface area contributed by atoms with Gasteiger partial charge in [0.05, 0.1) is 6.61 Å². The molecule has 0 spiro atoms. The van der Waals surface area contributed by atoms with E-state index in [1.54, 1.807) is 0 Å². The van der Waals surface area contributed by atoms with Crippen LogP contribution >= 0.6 is 0 Å². The fraction of sp³-hybridized carbons (Fsp3) is 0.917. The van der Waals surface area contributed by atoms with E-state index in [1.165, 1.54) is 12.8 Å². The summed E-state index contributed by atoms with van der Waals surface area (Å²) in [7, 11) is 0. The molecule has 92 valence electrons.